The highest BCUT2D eigenvalue weighted by Crippen LogP contribution is 2.28. The van der Waals surface area contributed by atoms with Crippen molar-refractivity contribution in [2.24, 2.45) is 11.3 Å². The Morgan fingerprint density at radius 1 is 1.16 bits per heavy atom. The number of nitrogens with zero attached hydrogens (tertiary/aromatic N) is 3. The molecule has 1 saturated carbocycles. The van der Waals surface area contributed by atoms with Crippen LogP contribution in [-0.2, 0) is 9.59 Å². The van der Waals surface area contributed by atoms with E-state index < -0.39 is 0 Å². The van der Waals surface area contributed by atoms with E-state index >= 15 is 0 Å². The molecule has 0 atom stereocenters. The van der Waals surface area contributed by atoms with E-state index in [4.69, 9.17) is 0 Å². The zero-order valence-corrected chi connectivity index (χ0v) is 16.0. The second kappa shape index (κ2) is 7.93. The van der Waals surface area contributed by atoms with Gasteiger partial charge in [-0.05, 0) is 51.7 Å². The van der Waals surface area contributed by atoms with Crippen molar-refractivity contribution in [1.82, 2.24) is 15.5 Å². The summed E-state index contributed by atoms with van der Waals surface area (Å²) >= 11 is 0. The van der Waals surface area contributed by atoms with Crippen LogP contribution in [0.4, 0.5) is 5.82 Å². The molecule has 138 valence electrons. The second-order valence-electron chi connectivity index (χ2n) is 7.89. The van der Waals surface area contributed by atoms with Crippen LogP contribution >= 0.6 is 0 Å². The van der Waals surface area contributed by atoms with E-state index in [0.717, 1.165) is 31.4 Å². The van der Waals surface area contributed by atoms with Crippen LogP contribution in [-0.4, -0.2) is 34.6 Å². The first kappa shape index (κ1) is 19.3. The smallest absolute Gasteiger partial charge is 0.231 e. The summed E-state index contributed by atoms with van der Waals surface area (Å²) < 4.78 is 0. The van der Waals surface area contributed by atoms with Gasteiger partial charge in [-0.1, -0.05) is 20.8 Å². The maximum atomic E-state index is 12.9. The third-order valence-electron chi connectivity index (χ3n) is 4.74. The first-order valence-corrected chi connectivity index (χ1v) is 9.15. The van der Waals surface area contributed by atoms with E-state index in [1.165, 1.54) is 0 Å². The van der Waals surface area contributed by atoms with Crippen LogP contribution in [0.3, 0.4) is 0 Å². The lowest BCUT2D eigenvalue weighted by Gasteiger charge is -2.32. The molecule has 25 heavy (non-hydrogen) atoms. The number of nitrogens with one attached hydrogen (secondary N) is 1. The third-order valence-corrected chi connectivity index (χ3v) is 4.74. The molecule has 0 aliphatic heterocycles. The zero-order chi connectivity index (χ0) is 18.6. The minimum Gasteiger partial charge on any atom is -0.353 e. The van der Waals surface area contributed by atoms with Crippen LogP contribution in [0.1, 0.15) is 59.1 Å². The van der Waals surface area contributed by atoms with Crippen molar-refractivity contribution in [3.8, 4) is 0 Å². The molecule has 0 saturated heterocycles. The maximum Gasteiger partial charge on any atom is 0.231 e. The zero-order valence-electron chi connectivity index (χ0n) is 16.0. The highest BCUT2D eigenvalue weighted by Gasteiger charge is 2.32. The fourth-order valence-corrected chi connectivity index (χ4v) is 3.07. The van der Waals surface area contributed by atoms with Gasteiger partial charge in [0.25, 0.3) is 0 Å². The Morgan fingerprint density at radius 3 is 2.28 bits per heavy atom. The van der Waals surface area contributed by atoms with E-state index in [-0.39, 0.29) is 29.2 Å². The minimum atomic E-state index is -0.379. The quantitative estimate of drug-likeness (QED) is 0.909. The third kappa shape index (κ3) is 5.00. The molecular formula is C19H30N4O2. The molecule has 1 aliphatic rings. The second-order valence-corrected chi connectivity index (χ2v) is 7.89. The monoisotopic (exact) mass is 346 g/mol. The molecule has 0 spiro atoms. The van der Waals surface area contributed by atoms with E-state index in [9.17, 15) is 9.59 Å². The van der Waals surface area contributed by atoms with Crippen molar-refractivity contribution in [2.45, 2.75) is 66.3 Å². The van der Waals surface area contributed by atoms with E-state index in [1.807, 2.05) is 46.8 Å². The van der Waals surface area contributed by atoms with Gasteiger partial charge in [-0.15, -0.1) is 5.10 Å². The Kier molecular flexibility index (Phi) is 6.14. The van der Waals surface area contributed by atoms with E-state index in [1.54, 1.807) is 4.90 Å². The predicted molar refractivity (Wildman–Crippen MR) is 98.1 cm³/mol. The molecule has 1 aromatic heterocycles. The number of carbonyl (C=O) groups is 2. The summed E-state index contributed by atoms with van der Waals surface area (Å²) in [5, 5.41) is 11.3. The highest BCUT2D eigenvalue weighted by atomic mass is 16.2. The number of carbonyl (C=O) groups excluding carboxylic acids is 2. The first-order valence-electron chi connectivity index (χ1n) is 9.15. The molecule has 0 aromatic carbocycles. The summed E-state index contributed by atoms with van der Waals surface area (Å²) in [4.78, 5) is 26.7. The SMILES string of the molecule is CCN(C(=O)C1CCC(NC(=O)C(C)(C)C)CC1)c1ccc(C)nn1. The average molecular weight is 346 g/mol. The predicted octanol–water partition coefficient (Wildman–Crippen LogP) is 2.86. The Hall–Kier alpha value is -1.98. The fourth-order valence-electron chi connectivity index (χ4n) is 3.07. The van der Waals surface area contributed by atoms with Gasteiger partial charge in [0, 0.05) is 23.9 Å². The van der Waals surface area contributed by atoms with Gasteiger partial charge >= 0.3 is 0 Å². The molecule has 0 radical (unpaired) electrons. The van der Waals surface area contributed by atoms with Crippen LogP contribution in [0.2, 0.25) is 0 Å². The summed E-state index contributed by atoms with van der Waals surface area (Å²) in [6, 6.07) is 3.89. The van der Waals surface area contributed by atoms with Gasteiger partial charge in [0.15, 0.2) is 5.82 Å². The van der Waals surface area contributed by atoms with Gasteiger partial charge in [-0.2, -0.15) is 5.10 Å². The Morgan fingerprint density at radius 2 is 1.80 bits per heavy atom. The van der Waals surface area contributed by atoms with Gasteiger partial charge in [0.2, 0.25) is 11.8 Å². The molecule has 1 fully saturated rings. The van der Waals surface area contributed by atoms with E-state index in [0.29, 0.717) is 12.4 Å². The molecule has 2 amide bonds. The molecule has 1 aliphatic carbocycles. The topological polar surface area (TPSA) is 75.2 Å². The maximum absolute atomic E-state index is 12.9. The number of anilines is 1. The summed E-state index contributed by atoms with van der Waals surface area (Å²) in [6.45, 7) is 10.2. The van der Waals surface area contributed by atoms with Gasteiger partial charge < -0.3 is 5.32 Å². The molecule has 6 nitrogen and oxygen atoms in total. The molecule has 6 heteroatoms. The molecule has 1 aromatic rings. The Labute approximate surface area is 150 Å². The van der Waals surface area contributed by atoms with Crippen molar-refractivity contribution in [1.29, 1.82) is 0 Å². The van der Waals surface area contributed by atoms with Gasteiger partial charge in [-0.25, -0.2) is 0 Å². The lowest BCUT2D eigenvalue weighted by molar-refractivity contribution is -0.129. The summed E-state index contributed by atoms with van der Waals surface area (Å²) in [7, 11) is 0. The molecule has 1 heterocycles. The number of amides is 2. The van der Waals surface area contributed by atoms with Crippen LogP contribution in [0, 0.1) is 18.3 Å². The van der Waals surface area contributed by atoms with Crippen molar-refractivity contribution in [3.05, 3.63) is 17.8 Å². The Balaban J connectivity index is 1.93. The van der Waals surface area contributed by atoms with Crippen molar-refractivity contribution < 1.29 is 9.59 Å². The van der Waals surface area contributed by atoms with Crippen LogP contribution < -0.4 is 10.2 Å². The summed E-state index contributed by atoms with van der Waals surface area (Å²) in [5.74, 6) is 0.792. The number of rotatable bonds is 4. The highest BCUT2D eigenvalue weighted by molar-refractivity contribution is 5.94. The lowest BCUT2D eigenvalue weighted by Crippen LogP contribution is -2.45. The number of hydrogen-bond donors (Lipinski definition) is 1. The molecule has 1 N–H and O–H groups in total. The first-order chi connectivity index (χ1) is 11.7. The van der Waals surface area contributed by atoms with Crippen molar-refractivity contribution >= 4 is 17.6 Å². The van der Waals surface area contributed by atoms with E-state index in [2.05, 4.69) is 15.5 Å². The number of aromatic nitrogens is 2. The van der Waals surface area contributed by atoms with Crippen molar-refractivity contribution in [2.75, 3.05) is 11.4 Å². The van der Waals surface area contributed by atoms with Gasteiger partial charge in [-0.3, -0.25) is 14.5 Å². The fraction of sp³-hybridized carbons (Fsp3) is 0.684. The molecule has 0 bridgehead atoms. The number of aryl methyl sites for hydroxylation is 1. The molecule has 2 rings (SSSR count). The standard InChI is InChI=1S/C19H30N4O2/c1-6-23(16-12-7-13(2)21-22-16)17(24)14-8-10-15(11-9-14)20-18(25)19(3,4)5/h7,12,14-15H,6,8-11H2,1-5H3,(H,20,25). The largest absolute Gasteiger partial charge is 0.353 e. The molecular weight excluding hydrogens is 316 g/mol. The Bertz CT molecular complexity index is 599. The number of hydrogen-bond acceptors (Lipinski definition) is 4. The normalized spacial score (nSPS) is 20.8. The van der Waals surface area contributed by atoms with Gasteiger partial charge in [0.1, 0.15) is 0 Å². The minimum absolute atomic E-state index is 0.00848. The molecule has 0 unspecified atom stereocenters. The van der Waals surface area contributed by atoms with Crippen LogP contribution in [0.5, 0.6) is 0 Å². The lowest BCUT2D eigenvalue weighted by atomic mass is 9.84. The van der Waals surface area contributed by atoms with Crippen LogP contribution in [0.25, 0.3) is 0 Å². The summed E-state index contributed by atoms with van der Waals surface area (Å²) in [5.41, 5.74) is 0.456. The van der Waals surface area contributed by atoms with Crippen molar-refractivity contribution in [3.63, 3.8) is 0 Å². The van der Waals surface area contributed by atoms with Gasteiger partial charge in [0.05, 0.1) is 5.69 Å². The summed E-state index contributed by atoms with van der Waals surface area (Å²) in [6.07, 6.45) is 3.28. The van der Waals surface area contributed by atoms with Crippen LogP contribution in [0.15, 0.2) is 12.1 Å². The average Bonchev–Trinajstić information content (AvgIpc) is 2.57.